The lowest BCUT2D eigenvalue weighted by molar-refractivity contribution is -0.137. The van der Waals surface area contributed by atoms with E-state index >= 15 is 0 Å². The van der Waals surface area contributed by atoms with Crippen molar-refractivity contribution in [3.8, 4) is 0 Å². The summed E-state index contributed by atoms with van der Waals surface area (Å²) < 4.78 is 0. The van der Waals surface area contributed by atoms with E-state index in [2.05, 4.69) is 31.2 Å². The monoisotopic (exact) mass is 511 g/mol. The van der Waals surface area contributed by atoms with Gasteiger partial charge in [0, 0.05) is 51.8 Å². The highest BCUT2D eigenvalue weighted by Gasteiger charge is 2.43. The van der Waals surface area contributed by atoms with E-state index in [9.17, 15) is 14.4 Å². The Kier molecular flexibility index (Phi) is 12.0. The number of carbonyl (C=O) groups excluding carboxylic acids is 2. The molecule has 7 heteroatoms. The number of hydrogen-bond donors (Lipinski definition) is 1. The largest absolute Gasteiger partial charge is 0.481 e. The lowest BCUT2D eigenvalue weighted by Gasteiger charge is -2.21. The minimum atomic E-state index is -0.671. The smallest absolute Gasteiger partial charge is 0.303 e. The molecule has 1 aliphatic carbocycles. The Morgan fingerprint density at radius 2 is 1.30 bits per heavy atom. The van der Waals surface area contributed by atoms with Gasteiger partial charge in [0.2, 0.25) is 11.6 Å². The predicted octanol–water partition coefficient (Wildman–Crippen LogP) is 5.07. The number of aliphatic carboxylic acids is 1. The number of allylic oxidation sites excluding steroid dienone is 5. The number of carboxylic acids is 1. The molecule has 0 atom stereocenters. The molecule has 4 rings (SSSR count). The summed E-state index contributed by atoms with van der Waals surface area (Å²) in [6, 6.07) is 0. The average molecular weight is 512 g/mol. The molecule has 0 saturated carbocycles. The first-order chi connectivity index (χ1) is 18.0. The lowest BCUT2D eigenvalue weighted by Crippen LogP contribution is -2.29. The van der Waals surface area contributed by atoms with Crippen molar-refractivity contribution >= 4 is 17.5 Å². The first kappa shape index (κ1) is 28.7. The third-order valence-electron chi connectivity index (χ3n) is 6.83. The Labute approximate surface area is 222 Å². The van der Waals surface area contributed by atoms with Crippen LogP contribution in [0.15, 0.2) is 47.5 Å². The lowest BCUT2D eigenvalue weighted by atomic mass is 10.0. The number of ketones is 2. The summed E-state index contributed by atoms with van der Waals surface area (Å²) in [5.41, 5.74) is 1.89. The molecule has 0 unspecified atom stereocenters. The SMILES string of the molecule is CCCCC/C=C\C/C=C\CCCCCCCC(=O)O.O=C1C=C(N2CC2)C(=O)C(N2CC2)=C1N1CC1. The maximum atomic E-state index is 12.4. The summed E-state index contributed by atoms with van der Waals surface area (Å²) in [7, 11) is 0. The van der Waals surface area contributed by atoms with Gasteiger partial charge in [-0.1, -0.05) is 63.3 Å². The minimum Gasteiger partial charge on any atom is -0.481 e. The Hall–Kier alpha value is -2.83. The number of carbonyl (C=O) groups is 3. The Bertz CT molecular complexity index is 906. The fourth-order valence-electron chi connectivity index (χ4n) is 4.36. The highest BCUT2D eigenvalue weighted by Crippen LogP contribution is 2.33. The van der Waals surface area contributed by atoms with Crippen molar-refractivity contribution in [2.75, 3.05) is 39.3 Å². The second-order valence-corrected chi connectivity index (χ2v) is 10.3. The normalized spacial score (nSPS) is 18.5. The molecule has 0 amide bonds. The van der Waals surface area contributed by atoms with Crippen molar-refractivity contribution in [1.29, 1.82) is 0 Å². The number of hydrogen-bond acceptors (Lipinski definition) is 6. The molecule has 0 aromatic heterocycles. The van der Waals surface area contributed by atoms with Gasteiger partial charge in [0.25, 0.3) is 0 Å². The number of Topliss-reactive ketones (excluding diaryl/α,β-unsaturated/α-hetero) is 1. The molecule has 3 fully saturated rings. The van der Waals surface area contributed by atoms with E-state index in [0.29, 0.717) is 23.5 Å². The topological polar surface area (TPSA) is 80.5 Å². The molecule has 7 nitrogen and oxygen atoms in total. The van der Waals surface area contributed by atoms with Crippen molar-refractivity contribution in [3.63, 3.8) is 0 Å². The third kappa shape index (κ3) is 10.6. The molecular weight excluding hydrogens is 466 g/mol. The zero-order valence-corrected chi connectivity index (χ0v) is 22.6. The third-order valence-corrected chi connectivity index (χ3v) is 6.83. The van der Waals surface area contributed by atoms with Gasteiger partial charge in [-0.15, -0.1) is 0 Å². The fraction of sp³-hybridized carbons (Fsp3) is 0.633. The minimum absolute atomic E-state index is 0.00546. The van der Waals surface area contributed by atoms with Crippen molar-refractivity contribution < 1.29 is 19.5 Å². The van der Waals surface area contributed by atoms with Crippen LogP contribution in [-0.2, 0) is 14.4 Å². The van der Waals surface area contributed by atoms with Gasteiger partial charge in [0.05, 0.1) is 5.70 Å². The highest BCUT2D eigenvalue weighted by atomic mass is 16.4. The van der Waals surface area contributed by atoms with E-state index in [1.165, 1.54) is 51.0 Å². The summed E-state index contributed by atoms with van der Waals surface area (Å²) in [6.07, 6.45) is 23.8. The Morgan fingerprint density at radius 1 is 0.757 bits per heavy atom. The zero-order chi connectivity index (χ0) is 26.5. The number of nitrogens with zero attached hydrogens (tertiary/aromatic N) is 3. The van der Waals surface area contributed by atoms with Gasteiger partial charge < -0.3 is 19.8 Å². The summed E-state index contributed by atoms with van der Waals surface area (Å²) in [5, 5.41) is 8.50. The van der Waals surface area contributed by atoms with Gasteiger partial charge in [-0.05, 0) is 38.5 Å². The molecule has 0 spiro atoms. The van der Waals surface area contributed by atoms with E-state index < -0.39 is 5.97 Å². The summed E-state index contributed by atoms with van der Waals surface area (Å²) in [4.78, 5) is 40.8. The van der Waals surface area contributed by atoms with Crippen LogP contribution >= 0.6 is 0 Å². The quantitative estimate of drug-likeness (QED) is 0.126. The molecule has 0 bridgehead atoms. The fourth-order valence-corrected chi connectivity index (χ4v) is 4.36. The van der Waals surface area contributed by atoms with Crippen molar-refractivity contribution in [2.45, 2.75) is 84.0 Å². The molecule has 0 radical (unpaired) electrons. The van der Waals surface area contributed by atoms with Gasteiger partial charge >= 0.3 is 5.97 Å². The Morgan fingerprint density at radius 3 is 1.86 bits per heavy atom. The second kappa shape index (κ2) is 15.4. The van der Waals surface area contributed by atoms with Gasteiger partial charge in [0.1, 0.15) is 11.4 Å². The highest BCUT2D eigenvalue weighted by molar-refractivity contribution is 6.22. The predicted molar refractivity (Wildman–Crippen MR) is 147 cm³/mol. The molecule has 3 saturated heterocycles. The molecule has 4 aliphatic rings. The van der Waals surface area contributed by atoms with Crippen LogP contribution in [0.1, 0.15) is 84.0 Å². The van der Waals surface area contributed by atoms with Crippen LogP contribution in [0.5, 0.6) is 0 Å². The maximum Gasteiger partial charge on any atom is 0.303 e. The van der Waals surface area contributed by atoms with E-state index in [1.54, 1.807) is 0 Å². The molecular formula is C30H45N3O4. The van der Waals surface area contributed by atoms with E-state index in [-0.39, 0.29) is 11.6 Å². The van der Waals surface area contributed by atoms with Crippen molar-refractivity contribution in [2.24, 2.45) is 0 Å². The second-order valence-electron chi connectivity index (χ2n) is 10.3. The number of unbranched alkanes of at least 4 members (excludes halogenated alkanes) is 8. The van der Waals surface area contributed by atoms with Gasteiger partial charge in [0.15, 0.2) is 0 Å². The summed E-state index contributed by atoms with van der Waals surface area (Å²) in [5.74, 6) is -0.622. The van der Waals surface area contributed by atoms with Crippen LogP contribution in [-0.4, -0.2) is 76.6 Å². The maximum absolute atomic E-state index is 12.4. The van der Waals surface area contributed by atoms with Crippen molar-refractivity contribution in [3.05, 3.63) is 47.5 Å². The molecule has 37 heavy (non-hydrogen) atoms. The van der Waals surface area contributed by atoms with Gasteiger partial charge in [-0.2, -0.15) is 0 Å². The van der Waals surface area contributed by atoms with Crippen LogP contribution in [0.4, 0.5) is 0 Å². The number of carboxylic acid groups (broad SMARTS) is 1. The summed E-state index contributed by atoms with van der Waals surface area (Å²) in [6.45, 7) is 7.64. The summed E-state index contributed by atoms with van der Waals surface area (Å²) >= 11 is 0. The number of rotatable bonds is 17. The van der Waals surface area contributed by atoms with Crippen LogP contribution in [0, 0.1) is 0 Å². The van der Waals surface area contributed by atoms with Crippen LogP contribution in [0.2, 0.25) is 0 Å². The van der Waals surface area contributed by atoms with Gasteiger partial charge in [-0.25, -0.2) is 0 Å². The van der Waals surface area contributed by atoms with E-state index in [0.717, 1.165) is 65.0 Å². The Balaban J connectivity index is 0.000000206. The van der Waals surface area contributed by atoms with Crippen molar-refractivity contribution in [1.82, 2.24) is 14.7 Å². The average Bonchev–Trinajstić information content (AvgIpc) is 3.69. The molecule has 1 N–H and O–H groups in total. The van der Waals surface area contributed by atoms with Crippen LogP contribution in [0.25, 0.3) is 0 Å². The van der Waals surface area contributed by atoms with Crippen LogP contribution in [0.3, 0.4) is 0 Å². The molecule has 0 aromatic carbocycles. The van der Waals surface area contributed by atoms with Gasteiger partial charge in [-0.3, -0.25) is 14.4 Å². The standard InChI is InChI=1S/C18H32O2.C12H13N3O2/c1-2-3-4-5-6-7-8-9-10-11-12-13-14-15-16-17-18(19)20;16-9-7-8(13-1-2-13)12(17)11(15-5-6-15)10(9)14-3-4-14/h6-7,9-10H,2-5,8,11-17H2,1H3,(H,19,20);7H,1-6H2/b7-6-,10-9-;. The van der Waals surface area contributed by atoms with Crippen LogP contribution < -0.4 is 0 Å². The molecule has 0 aromatic rings. The molecule has 3 heterocycles. The first-order valence-electron chi connectivity index (χ1n) is 14.3. The zero-order valence-electron chi connectivity index (χ0n) is 22.6. The van der Waals surface area contributed by atoms with E-state index in [1.807, 2.05) is 14.7 Å². The van der Waals surface area contributed by atoms with E-state index in [4.69, 9.17) is 5.11 Å². The molecule has 3 aliphatic heterocycles. The molecule has 204 valence electrons. The first-order valence-corrected chi connectivity index (χ1v) is 14.3.